The third-order valence-corrected chi connectivity index (χ3v) is 2.14. The topological polar surface area (TPSA) is 12.5 Å². The minimum Gasteiger partial charge on any atom is -0.357 e. The molecule has 1 aromatic rings. The molecule has 1 aliphatic heterocycles. The Morgan fingerprint density at radius 1 is 1.33 bits per heavy atom. The van der Waals surface area contributed by atoms with E-state index in [1.165, 1.54) is 5.56 Å². The molecule has 64 valence electrons. The van der Waals surface area contributed by atoms with Gasteiger partial charge < -0.3 is 4.74 Å². The molecule has 0 saturated carbocycles. The van der Waals surface area contributed by atoms with Crippen LogP contribution in [0.25, 0.3) is 0 Å². The molecule has 0 bridgehead atoms. The van der Waals surface area contributed by atoms with Gasteiger partial charge in [0.2, 0.25) is 0 Å². The summed E-state index contributed by atoms with van der Waals surface area (Å²) in [6.45, 7) is 1.75. The normalized spacial score (nSPS) is 24.6. The van der Waals surface area contributed by atoms with E-state index in [4.69, 9.17) is 4.74 Å². The maximum absolute atomic E-state index is 5.58. The van der Waals surface area contributed by atoms with Gasteiger partial charge in [-0.1, -0.05) is 30.3 Å². The number of likely N-dealkylation sites (N-methyl/N-ethyl adjacent to an activating group) is 1. The lowest BCUT2D eigenvalue weighted by molar-refractivity contribution is 0.0956. The van der Waals surface area contributed by atoms with Gasteiger partial charge in [-0.2, -0.15) is 0 Å². The van der Waals surface area contributed by atoms with Gasteiger partial charge in [-0.05, 0) is 12.6 Å². The second-order valence-electron chi connectivity index (χ2n) is 3.23. The molecule has 0 amide bonds. The summed E-state index contributed by atoms with van der Waals surface area (Å²) in [4.78, 5) is 2.18. The maximum Gasteiger partial charge on any atom is 0.0997 e. The molecule has 1 aliphatic rings. The number of hydrogen-bond acceptors (Lipinski definition) is 2. The van der Waals surface area contributed by atoms with Crippen LogP contribution in [0.1, 0.15) is 11.7 Å². The molecule has 1 heterocycles. The van der Waals surface area contributed by atoms with Crippen LogP contribution in [0.15, 0.2) is 30.3 Å². The van der Waals surface area contributed by atoms with Gasteiger partial charge in [0.1, 0.15) is 0 Å². The molecule has 1 fully saturated rings. The van der Waals surface area contributed by atoms with Crippen molar-refractivity contribution in [3.05, 3.63) is 35.9 Å². The minimum absolute atomic E-state index is 0.274. The Morgan fingerprint density at radius 3 is 2.67 bits per heavy atom. The molecular weight excluding hydrogens is 150 g/mol. The fourth-order valence-electron chi connectivity index (χ4n) is 1.48. The molecule has 0 aliphatic carbocycles. The lowest BCUT2D eigenvalue weighted by Gasteiger charge is -2.07. The van der Waals surface area contributed by atoms with E-state index in [-0.39, 0.29) is 6.10 Å². The minimum atomic E-state index is 0.274. The first-order chi connectivity index (χ1) is 5.86. The van der Waals surface area contributed by atoms with Gasteiger partial charge in [-0.25, -0.2) is 0 Å². The number of hydrogen-bond donors (Lipinski definition) is 0. The average molecular weight is 163 g/mol. The fraction of sp³-hybridized carbons (Fsp3) is 0.400. The van der Waals surface area contributed by atoms with E-state index in [1.807, 2.05) is 6.07 Å². The summed E-state index contributed by atoms with van der Waals surface area (Å²) in [5.74, 6) is 0. The van der Waals surface area contributed by atoms with Crippen LogP contribution in [0.2, 0.25) is 0 Å². The molecule has 1 saturated heterocycles. The lowest BCUT2D eigenvalue weighted by Crippen LogP contribution is -2.13. The van der Waals surface area contributed by atoms with Crippen LogP contribution in [-0.2, 0) is 4.74 Å². The highest BCUT2D eigenvalue weighted by atomic mass is 16.5. The van der Waals surface area contributed by atoms with Crippen molar-refractivity contribution in [1.82, 2.24) is 4.90 Å². The Balaban J connectivity index is 2.11. The molecule has 1 aromatic carbocycles. The average Bonchev–Trinajstić information content (AvgIpc) is 2.54. The second kappa shape index (κ2) is 3.25. The Kier molecular flexibility index (Phi) is 2.11. The first-order valence-electron chi connectivity index (χ1n) is 4.21. The molecule has 0 N–H and O–H groups in total. The monoisotopic (exact) mass is 163 g/mol. The second-order valence-corrected chi connectivity index (χ2v) is 3.23. The highest BCUT2D eigenvalue weighted by Gasteiger charge is 2.20. The van der Waals surface area contributed by atoms with Crippen molar-refractivity contribution in [1.29, 1.82) is 0 Å². The van der Waals surface area contributed by atoms with Crippen molar-refractivity contribution >= 4 is 0 Å². The molecule has 2 rings (SSSR count). The predicted molar refractivity (Wildman–Crippen MR) is 47.8 cm³/mol. The molecule has 0 radical (unpaired) electrons. The van der Waals surface area contributed by atoms with Crippen LogP contribution in [0.4, 0.5) is 0 Å². The van der Waals surface area contributed by atoms with E-state index in [2.05, 4.69) is 36.2 Å². The largest absolute Gasteiger partial charge is 0.357 e. The van der Waals surface area contributed by atoms with Crippen LogP contribution < -0.4 is 0 Å². The molecule has 2 heteroatoms. The summed E-state index contributed by atoms with van der Waals surface area (Å²) in [6.07, 6.45) is 0.274. The van der Waals surface area contributed by atoms with E-state index in [0.717, 1.165) is 13.3 Å². The van der Waals surface area contributed by atoms with Gasteiger partial charge in [0.15, 0.2) is 0 Å². The lowest BCUT2D eigenvalue weighted by atomic mass is 10.1. The van der Waals surface area contributed by atoms with Crippen LogP contribution in [0.5, 0.6) is 0 Å². The van der Waals surface area contributed by atoms with Gasteiger partial charge in [-0.3, -0.25) is 4.90 Å². The van der Waals surface area contributed by atoms with E-state index >= 15 is 0 Å². The van der Waals surface area contributed by atoms with Gasteiger partial charge in [0, 0.05) is 6.54 Å². The van der Waals surface area contributed by atoms with Crippen molar-refractivity contribution in [2.45, 2.75) is 6.10 Å². The van der Waals surface area contributed by atoms with Crippen LogP contribution in [0.3, 0.4) is 0 Å². The summed E-state index contributed by atoms with van der Waals surface area (Å²) in [7, 11) is 2.07. The van der Waals surface area contributed by atoms with Gasteiger partial charge in [0.25, 0.3) is 0 Å². The number of benzene rings is 1. The SMILES string of the molecule is CN1COC(c2ccccc2)C1. The van der Waals surface area contributed by atoms with Crippen LogP contribution >= 0.6 is 0 Å². The van der Waals surface area contributed by atoms with Crippen molar-refractivity contribution in [2.75, 3.05) is 20.3 Å². The standard InChI is InChI=1S/C10H13NO/c1-11-7-10(12-8-11)9-5-3-2-4-6-9/h2-6,10H,7-8H2,1H3. The summed E-state index contributed by atoms with van der Waals surface area (Å²) < 4.78 is 5.58. The van der Waals surface area contributed by atoms with Gasteiger partial charge in [-0.15, -0.1) is 0 Å². The highest BCUT2D eigenvalue weighted by Crippen LogP contribution is 2.22. The van der Waals surface area contributed by atoms with Gasteiger partial charge >= 0.3 is 0 Å². The third kappa shape index (κ3) is 1.49. The molecule has 0 aromatic heterocycles. The Morgan fingerprint density at radius 2 is 2.08 bits per heavy atom. The zero-order valence-corrected chi connectivity index (χ0v) is 7.23. The van der Waals surface area contributed by atoms with Crippen LogP contribution in [0, 0.1) is 0 Å². The smallest absolute Gasteiger partial charge is 0.0997 e. The van der Waals surface area contributed by atoms with E-state index in [9.17, 15) is 0 Å². The Labute approximate surface area is 72.8 Å². The maximum atomic E-state index is 5.58. The van der Waals surface area contributed by atoms with Crippen molar-refractivity contribution < 1.29 is 4.74 Å². The molecular formula is C10H13NO. The molecule has 2 nitrogen and oxygen atoms in total. The van der Waals surface area contributed by atoms with Crippen molar-refractivity contribution in [2.24, 2.45) is 0 Å². The molecule has 12 heavy (non-hydrogen) atoms. The predicted octanol–water partition coefficient (Wildman–Crippen LogP) is 1.65. The third-order valence-electron chi connectivity index (χ3n) is 2.14. The number of ether oxygens (including phenoxy) is 1. The zero-order chi connectivity index (χ0) is 8.39. The summed E-state index contributed by atoms with van der Waals surface area (Å²) in [6, 6.07) is 10.4. The summed E-state index contributed by atoms with van der Waals surface area (Å²) >= 11 is 0. The van der Waals surface area contributed by atoms with Crippen molar-refractivity contribution in [3.63, 3.8) is 0 Å². The quantitative estimate of drug-likeness (QED) is 0.624. The summed E-state index contributed by atoms with van der Waals surface area (Å²) in [5, 5.41) is 0. The number of nitrogens with zero attached hydrogens (tertiary/aromatic N) is 1. The van der Waals surface area contributed by atoms with E-state index in [1.54, 1.807) is 0 Å². The van der Waals surface area contributed by atoms with Gasteiger partial charge in [0.05, 0.1) is 12.8 Å². The fourth-order valence-corrected chi connectivity index (χ4v) is 1.48. The zero-order valence-electron chi connectivity index (χ0n) is 7.23. The number of rotatable bonds is 1. The van der Waals surface area contributed by atoms with Crippen molar-refractivity contribution in [3.8, 4) is 0 Å². The van der Waals surface area contributed by atoms with E-state index < -0.39 is 0 Å². The molecule has 0 spiro atoms. The summed E-state index contributed by atoms with van der Waals surface area (Å²) in [5.41, 5.74) is 1.28. The Hall–Kier alpha value is -0.860. The molecule has 1 atom stereocenters. The Bertz CT molecular complexity index is 247. The highest BCUT2D eigenvalue weighted by molar-refractivity contribution is 5.18. The first kappa shape index (κ1) is 7.77. The first-order valence-corrected chi connectivity index (χ1v) is 4.21. The van der Waals surface area contributed by atoms with Crippen LogP contribution in [-0.4, -0.2) is 25.2 Å². The van der Waals surface area contributed by atoms with E-state index in [0.29, 0.717) is 0 Å². The molecule has 1 unspecified atom stereocenters.